The summed E-state index contributed by atoms with van der Waals surface area (Å²) in [5, 5.41) is 9.08. The molecule has 0 atom stereocenters. The standard InChI is InChI=1S/C36H27ClN4O5S2/c37-27-12-6-4-10-24(27)26-19-47-34-32(26)35(44)41(17-16-22-8-2-1-3-9-22)36(40-34)48-20-31(42)39-28-13-7-5-11-25(28)33(43)38-23-14-15-29-30(18-23)46-21-45-29/h1-15,18-19H,16-17,20-21H2,(H,38,43)(H,39,42). The summed E-state index contributed by atoms with van der Waals surface area (Å²) < 4.78 is 12.4. The molecule has 48 heavy (non-hydrogen) atoms. The third-order valence-electron chi connectivity index (χ3n) is 7.70. The second kappa shape index (κ2) is 13.9. The van der Waals surface area contributed by atoms with E-state index in [1.807, 2.05) is 53.9 Å². The topological polar surface area (TPSA) is 112 Å². The summed E-state index contributed by atoms with van der Waals surface area (Å²) in [6.07, 6.45) is 0.602. The van der Waals surface area contributed by atoms with E-state index in [9.17, 15) is 14.4 Å². The molecule has 0 bridgehead atoms. The fourth-order valence-electron chi connectivity index (χ4n) is 5.36. The lowest BCUT2D eigenvalue weighted by atomic mass is 10.1. The maximum absolute atomic E-state index is 14.1. The van der Waals surface area contributed by atoms with E-state index in [1.54, 1.807) is 53.1 Å². The molecule has 2 N–H and O–H groups in total. The van der Waals surface area contributed by atoms with E-state index >= 15 is 0 Å². The predicted octanol–water partition coefficient (Wildman–Crippen LogP) is 7.73. The van der Waals surface area contributed by atoms with Gasteiger partial charge in [-0.15, -0.1) is 11.3 Å². The van der Waals surface area contributed by atoms with Crippen LogP contribution in [0.15, 0.2) is 112 Å². The van der Waals surface area contributed by atoms with Gasteiger partial charge in [-0.05, 0) is 42.3 Å². The Hall–Kier alpha value is -5.10. The fraction of sp³-hybridized carbons (Fsp3) is 0.111. The van der Waals surface area contributed by atoms with E-state index in [1.165, 1.54) is 23.1 Å². The molecule has 0 saturated carbocycles. The molecule has 4 aromatic carbocycles. The molecule has 7 rings (SSSR count). The van der Waals surface area contributed by atoms with Gasteiger partial charge in [0.15, 0.2) is 16.7 Å². The van der Waals surface area contributed by atoms with Crippen LogP contribution in [0.4, 0.5) is 11.4 Å². The molecule has 3 heterocycles. The van der Waals surface area contributed by atoms with Gasteiger partial charge < -0.3 is 20.1 Å². The van der Waals surface area contributed by atoms with Gasteiger partial charge in [-0.1, -0.05) is 84.0 Å². The van der Waals surface area contributed by atoms with Crippen LogP contribution < -0.4 is 25.7 Å². The van der Waals surface area contributed by atoms with Crippen molar-refractivity contribution >= 4 is 68.1 Å². The molecule has 0 radical (unpaired) electrons. The van der Waals surface area contributed by atoms with Crippen LogP contribution in [0.25, 0.3) is 21.3 Å². The highest BCUT2D eigenvalue weighted by atomic mass is 35.5. The Bertz CT molecular complexity index is 2220. The Morgan fingerprint density at radius 3 is 2.52 bits per heavy atom. The number of carbonyl (C=O) groups is 2. The van der Waals surface area contributed by atoms with Gasteiger partial charge in [0.05, 0.1) is 22.4 Å². The molecule has 0 spiro atoms. The summed E-state index contributed by atoms with van der Waals surface area (Å²) in [6.45, 7) is 0.499. The zero-order chi connectivity index (χ0) is 33.0. The van der Waals surface area contributed by atoms with Crippen molar-refractivity contribution in [1.29, 1.82) is 0 Å². The van der Waals surface area contributed by atoms with Gasteiger partial charge in [-0.3, -0.25) is 19.0 Å². The first-order valence-corrected chi connectivity index (χ1v) is 17.2. The lowest BCUT2D eigenvalue weighted by Gasteiger charge is -2.14. The van der Waals surface area contributed by atoms with Crippen LogP contribution in [0.3, 0.4) is 0 Å². The van der Waals surface area contributed by atoms with Crippen LogP contribution in [0.1, 0.15) is 15.9 Å². The zero-order valence-corrected chi connectivity index (χ0v) is 27.7. The first kappa shape index (κ1) is 31.5. The number of para-hydroxylation sites is 1. The Morgan fingerprint density at radius 2 is 1.67 bits per heavy atom. The van der Waals surface area contributed by atoms with Crippen molar-refractivity contribution in [3.63, 3.8) is 0 Å². The number of hydrogen-bond donors (Lipinski definition) is 2. The minimum atomic E-state index is -0.397. The number of hydrogen-bond acceptors (Lipinski definition) is 8. The van der Waals surface area contributed by atoms with Gasteiger partial charge >= 0.3 is 0 Å². The van der Waals surface area contributed by atoms with Crippen molar-refractivity contribution in [3.8, 4) is 22.6 Å². The molecule has 2 amide bonds. The highest BCUT2D eigenvalue weighted by Gasteiger charge is 2.21. The van der Waals surface area contributed by atoms with E-state index in [0.717, 1.165) is 16.7 Å². The lowest BCUT2D eigenvalue weighted by molar-refractivity contribution is -0.113. The van der Waals surface area contributed by atoms with E-state index in [2.05, 4.69) is 10.6 Å². The number of halogens is 1. The number of benzene rings is 4. The molecule has 240 valence electrons. The number of nitrogens with zero attached hydrogens (tertiary/aromatic N) is 2. The highest BCUT2D eigenvalue weighted by Crippen LogP contribution is 2.36. The number of carbonyl (C=O) groups excluding carboxylic acids is 2. The fourth-order valence-corrected chi connectivity index (χ4v) is 7.40. The Kier molecular flexibility index (Phi) is 9.15. The Balaban J connectivity index is 1.12. The Morgan fingerprint density at radius 1 is 0.896 bits per heavy atom. The lowest BCUT2D eigenvalue weighted by Crippen LogP contribution is -2.25. The molecular formula is C36H27ClN4O5S2. The summed E-state index contributed by atoms with van der Waals surface area (Å²) in [5.41, 5.74) is 3.55. The van der Waals surface area contributed by atoms with Crippen molar-refractivity contribution in [3.05, 3.63) is 129 Å². The normalized spacial score (nSPS) is 11.9. The SMILES string of the molecule is O=C(CSc1nc2scc(-c3ccccc3Cl)c2c(=O)n1CCc1ccccc1)Nc1ccccc1C(=O)Nc1ccc2c(c1)OCO2. The first-order chi connectivity index (χ1) is 23.4. The maximum atomic E-state index is 14.1. The number of rotatable bonds is 10. The van der Waals surface area contributed by atoms with Crippen LogP contribution >= 0.6 is 34.7 Å². The van der Waals surface area contributed by atoms with E-state index in [-0.39, 0.29) is 24.0 Å². The molecule has 2 aromatic heterocycles. The summed E-state index contributed by atoms with van der Waals surface area (Å²) in [6, 6.07) is 29.2. The number of thioether (sulfide) groups is 1. The van der Waals surface area contributed by atoms with Gasteiger partial charge in [-0.2, -0.15) is 0 Å². The predicted molar refractivity (Wildman–Crippen MR) is 191 cm³/mol. The molecule has 12 heteroatoms. The van der Waals surface area contributed by atoms with Gasteiger partial charge in [0.2, 0.25) is 12.7 Å². The number of anilines is 2. The van der Waals surface area contributed by atoms with E-state index < -0.39 is 5.91 Å². The smallest absolute Gasteiger partial charge is 0.263 e. The molecule has 1 aliphatic heterocycles. The highest BCUT2D eigenvalue weighted by molar-refractivity contribution is 7.99. The van der Waals surface area contributed by atoms with Crippen molar-refractivity contribution in [1.82, 2.24) is 9.55 Å². The molecule has 0 aliphatic carbocycles. The summed E-state index contributed by atoms with van der Waals surface area (Å²) in [5.74, 6) is 0.367. The zero-order valence-electron chi connectivity index (χ0n) is 25.3. The molecule has 0 unspecified atom stereocenters. The maximum Gasteiger partial charge on any atom is 0.263 e. The molecule has 0 saturated heterocycles. The van der Waals surface area contributed by atoms with Crippen LogP contribution in [0.2, 0.25) is 5.02 Å². The molecular weight excluding hydrogens is 668 g/mol. The quantitative estimate of drug-likeness (QED) is 0.112. The van der Waals surface area contributed by atoms with Crippen LogP contribution in [-0.4, -0.2) is 33.9 Å². The molecule has 0 fully saturated rings. The van der Waals surface area contributed by atoms with Crippen molar-refractivity contribution < 1.29 is 19.1 Å². The molecule has 1 aliphatic rings. The van der Waals surface area contributed by atoms with Crippen LogP contribution in [-0.2, 0) is 17.8 Å². The van der Waals surface area contributed by atoms with Gasteiger partial charge in [0, 0.05) is 39.8 Å². The minimum Gasteiger partial charge on any atom is -0.454 e. The minimum absolute atomic E-state index is 0.0376. The van der Waals surface area contributed by atoms with Crippen molar-refractivity contribution in [2.24, 2.45) is 0 Å². The first-order valence-electron chi connectivity index (χ1n) is 15.0. The monoisotopic (exact) mass is 694 g/mol. The van der Waals surface area contributed by atoms with E-state index in [0.29, 0.717) is 61.8 Å². The second-order valence-corrected chi connectivity index (χ2v) is 13.0. The Labute approximate surface area is 288 Å². The number of aryl methyl sites for hydroxylation is 1. The summed E-state index contributed by atoms with van der Waals surface area (Å²) in [4.78, 5) is 46.1. The molecule has 6 aromatic rings. The number of nitrogens with one attached hydrogen (secondary N) is 2. The number of ether oxygens (including phenoxy) is 2. The second-order valence-electron chi connectivity index (χ2n) is 10.8. The molecule has 9 nitrogen and oxygen atoms in total. The van der Waals surface area contributed by atoms with Crippen molar-refractivity contribution in [2.45, 2.75) is 18.1 Å². The number of fused-ring (bicyclic) bond motifs is 2. The largest absolute Gasteiger partial charge is 0.454 e. The van der Waals surface area contributed by atoms with Gasteiger partial charge in [0.1, 0.15) is 4.83 Å². The number of amides is 2. The summed E-state index contributed by atoms with van der Waals surface area (Å²) >= 11 is 9.05. The number of aromatic nitrogens is 2. The summed E-state index contributed by atoms with van der Waals surface area (Å²) in [7, 11) is 0. The number of thiophene rings is 1. The average molecular weight is 695 g/mol. The van der Waals surface area contributed by atoms with Crippen molar-refractivity contribution in [2.75, 3.05) is 23.2 Å². The van der Waals surface area contributed by atoms with Gasteiger partial charge in [-0.25, -0.2) is 4.98 Å². The third-order valence-corrected chi connectivity index (χ3v) is 9.88. The van der Waals surface area contributed by atoms with E-state index in [4.69, 9.17) is 26.1 Å². The van der Waals surface area contributed by atoms with Gasteiger partial charge in [0.25, 0.3) is 11.5 Å². The average Bonchev–Trinajstić information content (AvgIpc) is 3.75. The van der Waals surface area contributed by atoms with Crippen LogP contribution in [0.5, 0.6) is 11.5 Å². The van der Waals surface area contributed by atoms with Crippen LogP contribution in [0, 0.1) is 0 Å². The third kappa shape index (κ3) is 6.66.